The standard InChI is InChI=1S/C42H78N2O14.C19H35NO2.C11H9I3N2O4.C10H12N4O3.ClH.2Na/c1-15-29-42(10,49)37-24(4)32(43-30(56-37)21-52-17-16-50-13)22(2)19-40(8,48)36(58-39-33(45)28(44(11)12)18-23(3)53-39)25(5)34(26(6)38(47)55-29)57-31-20-41(9,51-14)35(46)27(7)54-31;1-3-20(4-2)15-16-22-18(21)19(13-9-6-10-14-19)17-11-7-5-8-12-17;1-3(17)15-9-6(12)5(11(19)20)7(13)10(8(9)14)16-4(2)18;15-3-6-1-2-7(17-6)14-5-13-8-9(14)11-4-12-10(8)16;;;/h22-37,39,43,45-46,48-49H,15-21H2,1-14H3;17H,3-16H2,1-2H3;1-2H3,(H,15,17)(H,16,18)(H,19,20);4-7,15H,1-3H2,(H,11,12,16);1H;;/q;;;;;2*+1/p-2/t22-,23-,24+,25+,26-,27+,28+,29-,30-,31+,32+,33-,34+,35+,36-,37+,39+,40-,41-,42-;;;6-,7+;;;/m1..0.../s1. The second-order valence-corrected chi connectivity index (χ2v) is 36.8. The minimum absolute atomic E-state index is 0. The number of hydrogen-bond donors (Lipinski definition) is 9. The number of aromatic nitrogens is 4. The first-order valence-electron chi connectivity index (χ1n) is 41.6. The Morgan fingerprint density at radius 1 is 0.783 bits per heavy atom. The van der Waals surface area contributed by atoms with E-state index in [4.69, 9.17) is 57.2 Å². The maximum absolute atomic E-state index is 14.5. The molecule has 2 aliphatic carbocycles. The average Bonchev–Trinajstić information content (AvgIpc) is 1.29. The van der Waals surface area contributed by atoms with Crippen molar-refractivity contribution >= 4 is 120 Å². The Balaban J connectivity index is 0.000000394. The second kappa shape index (κ2) is 51.4. The minimum Gasteiger partial charge on any atom is -1.00 e. The SMILES string of the molecule is CC(=O)Nc1c(I)c(NC(C)=O)c(I)c(C(=O)[O-])c1I.CCN(CC)CCOC(=O)C1(C2CCCCC2)CCCCC1.CC[C@H]1OC(=O)[C@H](C)[C@@H](O[C@H]2C[C@@](C)(OC)[C@@H](O)[C@H](C)O2)[C@H](C)[C@@H](O[C@@H]2O[C@H](C)C[C@H](N(C)C)[C@H]2O)[C@](C)(O)C[C@@H](C)[C@@H]2N[C@@H](COCCOC)O[C@@H]([C@H]2C)[C@]1(C)O.O=c1[nH]cnc2c1ncn2[C@H]1CC[C@@H](CO)O1.[Cl-].[Na+].[Na+]. The van der Waals surface area contributed by atoms with Crippen LogP contribution in [0, 0.1) is 45.7 Å². The third-order valence-corrected chi connectivity index (χ3v) is 27.9. The molecule has 674 valence electrons. The summed E-state index contributed by atoms with van der Waals surface area (Å²) in [6.45, 7) is 29.6. The zero-order chi connectivity index (χ0) is 86.8. The summed E-state index contributed by atoms with van der Waals surface area (Å²) >= 11 is 5.61. The van der Waals surface area contributed by atoms with Crippen LogP contribution >= 0.6 is 67.8 Å². The average molecular weight is 2080 g/mol. The molecule has 32 nitrogen and oxygen atoms in total. The van der Waals surface area contributed by atoms with Gasteiger partial charge in [-0.2, -0.15) is 0 Å². The van der Waals surface area contributed by atoms with Crippen LogP contribution in [0.5, 0.6) is 0 Å². The summed E-state index contributed by atoms with van der Waals surface area (Å²) < 4.78 is 70.2. The van der Waals surface area contributed by atoms with Crippen molar-refractivity contribution in [3.05, 3.63) is 39.3 Å². The number of imidazole rings is 1. The number of esters is 2. The molecule has 2 saturated carbocycles. The molecule has 0 spiro atoms. The van der Waals surface area contributed by atoms with E-state index in [1.54, 1.807) is 52.6 Å². The molecule has 9 N–H and O–H groups in total. The smallest absolute Gasteiger partial charge is 1.00 e. The summed E-state index contributed by atoms with van der Waals surface area (Å²) in [5, 5.41) is 77.0. The number of nitrogens with one attached hydrogen (secondary N) is 4. The Morgan fingerprint density at radius 3 is 1.95 bits per heavy atom. The zero-order valence-electron chi connectivity index (χ0n) is 74.0. The topological polar surface area (TPSA) is 417 Å². The number of anilines is 2. The van der Waals surface area contributed by atoms with Crippen molar-refractivity contribution < 1.29 is 178 Å². The number of ether oxygens (including phenoxy) is 11. The fourth-order valence-corrected chi connectivity index (χ4v) is 22.2. The van der Waals surface area contributed by atoms with Crippen LogP contribution in [-0.2, 0) is 71.3 Å². The van der Waals surface area contributed by atoms with Crippen LogP contribution in [0.1, 0.15) is 216 Å². The predicted molar refractivity (Wildman–Crippen MR) is 460 cm³/mol. The van der Waals surface area contributed by atoms with Crippen LogP contribution in [0.3, 0.4) is 0 Å². The van der Waals surface area contributed by atoms with E-state index in [0.717, 1.165) is 45.3 Å². The molecular formula is C82H133ClI3N9Na2O23. The van der Waals surface area contributed by atoms with Crippen molar-refractivity contribution in [2.24, 2.45) is 35.0 Å². The number of nitrogens with zero attached hydrogens (tertiary/aromatic N) is 5. The first kappa shape index (κ1) is 111. The Morgan fingerprint density at radius 2 is 1.40 bits per heavy atom. The molecule has 0 unspecified atom stereocenters. The number of H-pyrrole nitrogens is 1. The van der Waals surface area contributed by atoms with E-state index >= 15 is 0 Å². The van der Waals surface area contributed by atoms with E-state index in [-0.39, 0.29) is 181 Å². The van der Waals surface area contributed by atoms with Gasteiger partial charge in [0.05, 0.1) is 119 Å². The number of aromatic amines is 1. The molecule has 5 aliphatic heterocycles. The molecule has 3 aromatic rings. The molecule has 22 atom stereocenters. The van der Waals surface area contributed by atoms with Gasteiger partial charge in [-0.3, -0.25) is 33.9 Å². The van der Waals surface area contributed by atoms with Crippen LogP contribution in [0.15, 0.2) is 17.4 Å². The number of carbonyl (C=O) groups excluding carboxylic acids is 5. The Labute approximate surface area is 799 Å². The van der Waals surface area contributed by atoms with Crippen LogP contribution < -0.4 is 98.1 Å². The predicted octanol–water partition coefficient (Wildman–Crippen LogP) is -0.814. The summed E-state index contributed by atoms with van der Waals surface area (Å²) in [4.78, 5) is 87.6. The van der Waals surface area contributed by atoms with E-state index in [1.807, 2.05) is 121 Å². The molecule has 38 heteroatoms. The fraction of sp³-hybridized carbons (Fsp3) is 0.805. The molecule has 7 heterocycles. The molecule has 7 aliphatic rings. The van der Waals surface area contributed by atoms with E-state index in [1.165, 1.54) is 78.7 Å². The number of cyclic esters (lactones) is 1. The third kappa shape index (κ3) is 28.6. The number of carbonyl (C=O) groups is 5. The number of carboxylic acid groups (broad SMARTS) is 1. The van der Waals surface area contributed by atoms with Crippen molar-refractivity contribution in [1.82, 2.24) is 34.6 Å². The molecule has 7 fully saturated rings. The number of rotatable bonds is 24. The van der Waals surface area contributed by atoms with E-state index in [9.17, 15) is 54.3 Å². The summed E-state index contributed by atoms with van der Waals surface area (Å²) in [5.74, 6) is -4.27. The molecule has 1 aromatic carbocycles. The number of benzene rings is 1. The molecule has 0 radical (unpaired) electrons. The van der Waals surface area contributed by atoms with E-state index in [2.05, 4.69) is 49.6 Å². The number of methoxy groups -OCH3 is 2. The third-order valence-electron chi connectivity index (χ3n) is 24.6. The Hall–Kier alpha value is -1.28. The quantitative estimate of drug-likeness (QED) is 0.0229. The van der Waals surface area contributed by atoms with Gasteiger partial charge in [-0.15, -0.1) is 0 Å². The van der Waals surface area contributed by atoms with Gasteiger partial charge in [0.2, 0.25) is 11.8 Å². The normalized spacial score (nSPS) is 32.8. The first-order chi connectivity index (χ1) is 55.2. The summed E-state index contributed by atoms with van der Waals surface area (Å²) in [7, 11) is 6.90. The number of amides is 2. The van der Waals surface area contributed by atoms with Gasteiger partial charge in [-0.1, -0.05) is 80.1 Å². The van der Waals surface area contributed by atoms with Crippen LogP contribution in [0.25, 0.3) is 11.2 Å². The van der Waals surface area contributed by atoms with Crippen molar-refractivity contribution in [2.45, 2.75) is 309 Å². The fourth-order valence-electron chi connectivity index (χ4n) is 18.1. The number of aliphatic hydroxyl groups is 5. The minimum atomic E-state index is -1.64. The van der Waals surface area contributed by atoms with Gasteiger partial charge >= 0.3 is 71.1 Å². The molecule has 2 bridgehead atoms. The van der Waals surface area contributed by atoms with Crippen molar-refractivity contribution in [3.63, 3.8) is 0 Å². The second-order valence-electron chi connectivity index (χ2n) is 33.5. The summed E-state index contributed by atoms with van der Waals surface area (Å²) in [6, 6.07) is -0.593. The number of hydrogen-bond acceptors (Lipinski definition) is 28. The van der Waals surface area contributed by atoms with Gasteiger partial charge in [0.25, 0.3) is 5.56 Å². The number of carboxylic acids is 1. The molecule has 10 rings (SSSR count). The molecule has 5 saturated heterocycles. The summed E-state index contributed by atoms with van der Waals surface area (Å²) in [6.07, 6.45) is 8.14. The van der Waals surface area contributed by atoms with Gasteiger partial charge in [0.15, 0.2) is 23.7 Å². The maximum atomic E-state index is 14.5. The number of aliphatic hydroxyl groups excluding tert-OH is 3. The van der Waals surface area contributed by atoms with Crippen LogP contribution in [0.4, 0.5) is 11.4 Å². The number of halogens is 4. The van der Waals surface area contributed by atoms with Gasteiger partial charge in [0, 0.05) is 77.7 Å². The van der Waals surface area contributed by atoms with Gasteiger partial charge < -0.3 is 125 Å². The number of aromatic carboxylic acids is 1. The molecule has 2 aromatic heterocycles. The monoisotopic (exact) mass is 2070 g/mol. The first-order valence-corrected chi connectivity index (χ1v) is 44.8. The van der Waals surface area contributed by atoms with Gasteiger partial charge in [-0.25, -0.2) is 9.97 Å². The molecule has 120 heavy (non-hydrogen) atoms. The van der Waals surface area contributed by atoms with Crippen molar-refractivity contribution in [3.8, 4) is 0 Å². The van der Waals surface area contributed by atoms with E-state index < -0.39 is 102 Å². The van der Waals surface area contributed by atoms with Crippen molar-refractivity contribution in [2.75, 3.05) is 91.6 Å². The van der Waals surface area contributed by atoms with Gasteiger partial charge in [0.1, 0.15) is 43.0 Å². The van der Waals surface area contributed by atoms with E-state index in [0.29, 0.717) is 65.4 Å². The van der Waals surface area contributed by atoms with Crippen LogP contribution in [0.2, 0.25) is 0 Å². The van der Waals surface area contributed by atoms with Gasteiger partial charge in [-0.05, 0) is 206 Å². The Kier molecular flexibility index (Phi) is 47.5. The molecule has 2 amide bonds. The largest absolute Gasteiger partial charge is 1.00 e. The molecular weight excluding hydrogens is 1940 g/mol. The number of likely N-dealkylation sites (N-methyl/N-ethyl adjacent to an activating group) is 2. The van der Waals surface area contributed by atoms with Crippen molar-refractivity contribution in [1.29, 1.82) is 0 Å². The Bertz CT molecular complexity index is 3710. The summed E-state index contributed by atoms with van der Waals surface area (Å²) in [5.41, 5.74) is -3.21. The number of fused-ring (bicyclic) bond motifs is 3. The van der Waals surface area contributed by atoms with Crippen LogP contribution in [-0.4, -0.2) is 268 Å². The zero-order valence-corrected chi connectivity index (χ0v) is 85.2. The maximum Gasteiger partial charge on any atom is 1.00 e.